The molecule has 0 aromatic carbocycles. The van der Waals surface area contributed by atoms with Crippen LogP contribution in [0.3, 0.4) is 0 Å². The maximum Gasteiger partial charge on any atom is 0.0132 e. The molecule has 2 aliphatic carbocycles. The predicted molar refractivity (Wildman–Crippen MR) is 77.6 cm³/mol. The van der Waals surface area contributed by atoms with Gasteiger partial charge in [-0.3, -0.25) is 0 Å². The summed E-state index contributed by atoms with van der Waals surface area (Å²) in [6, 6.07) is 0.920. The summed E-state index contributed by atoms with van der Waals surface area (Å²) in [4.78, 5) is 2.75. The van der Waals surface area contributed by atoms with Crippen molar-refractivity contribution < 1.29 is 0 Å². The van der Waals surface area contributed by atoms with E-state index < -0.39 is 0 Å². The Labute approximate surface area is 113 Å². The molecular weight excluding hydrogens is 218 g/mol. The monoisotopic (exact) mass is 247 g/mol. The van der Waals surface area contributed by atoms with Crippen molar-refractivity contribution in [3.63, 3.8) is 0 Å². The molecule has 1 spiro atoms. The minimum Gasteiger partial charge on any atom is -0.300 e. The minimum atomic E-state index is 0.618. The first kappa shape index (κ1) is 12.7. The highest BCUT2D eigenvalue weighted by Gasteiger charge is 2.55. The average Bonchev–Trinajstić information content (AvgIpc) is 2.59. The summed E-state index contributed by atoms with van der Waals surface area (Å²) in [5.41, 5.74) is 4.22. The van der Waals surface area contributed by atoms with Gasteiger partial charge in [-0.2, -0.15) is 0 Å². The molecule has 1 saturated carbocycles. The fourth-order valence-electron chi connectivity index (χ4n) is 5.47. The lowest BCUT2D eigenvalue weighted by molar-refractivity contribution is -0.0612. The maximum atomic E-state index is 2.75. The van der Waals surface area contributed by atoms with Crippen molar-refractivity contribution >= 4 is 0 Å². The third-order valence-corrected chi connectivity index (χ3v) is 6.19. The van der Waals surface area contributed by atoms with Crippen LogP contribution < -0.4 is 0 Å². The standard InChI is InChI=1S/C17H29N/c1-5-18-11-10-17(14-6-7-15(14)18)9-8-13(4)16(17)12(2)3/h12,14-15H,5-11H2,1-4H3/t14-,15+,17-/m0/s1. The summed E-state index contributed by atoms with van der Waals surface area (Å²) in [7, 11) is 0. The summed E-state index contributed by atoms with van der Waals surface area (Å²) in [5, 5.41) is 0. The van der Waals surface area contributed by atoms with Crippen molar-refractivity contribution in [2.24, 2.45) is 17.3 Å². The fraction of sp³-hybridized carbons (Fsp3) is 0.882. The summed E-state index contributed by atoms with van der Waals surface area (Å²) in [5.74, 6) is 1.75. The van der Waals surface area contributed by atoms with Crippen LogP contribution in [0.4, 0.5) is 0 Å². The van der Waals surface area contributed by atoms with Crippen LogP contribution in [0.15, 0.2) is 11.1 Å². The first-order valence-corrected chi connectivity index (χ1v) is 8.04. The van der Waals surface area contributed by atoms with Gasteiger partial charge in [0.25, 0.3) is 0 Å². The van der Waals surface area contributed by atoms with E-state index in [0.717, 1.165) is 17.9 Å². The maximum absolute atomic E-state index is 2.75. The summed E-state index contributed by atoms with van der Waals surface area (Å²) in [6.07, 6.45) is 7.23. The van der Waals surface area contributed by atoms with E-state index in [-0.39, 0.29) is 0 Å². The van der Waals surface area contributed by atoms with Gasteiger partial charge in [-0.05, 0) is 69.4 Å². The van der Waals surface area contributed by atoms with Crippen LogP contribution in [0, 0.1) is 17.3 Å². The molecule has 0 unspecified atom stereocenters. The molecule has 1 heterocycles. The Morgan fingerprint density at radius 2 is 2.06 bits per heavy atom. The van der Waals surface area contributed by atoms with E-state index in [2.05, 4.69) is 32.6 Å². The Bertz CT molecular complexity index is 368. The number of fused-ring (bicyclic) bond motifs is 2. The van der Waals surface area contributed by atoms with Gasteiger partial charge >= 0.3 is 0 Å². The van der Waals surface area contributed by atoms with Crippen molar-refractivity contribution in [1.29, 1.82) is 0 Å². The quantitative estimate of drug-likeness (QED) is 0.660. The van der Waals surface area contributed by atoms with E-state index in [1.807, 2.05) is 5.57 Å². The molecule has 0 aromatic rings. The second kappa shape index (κ2) is 4.37. The van der Waals surface area contributed by atoms with Gasteiger partial charge in [-0.1, -0.05) is 31.9 Å². The molecule has 3 rings (SSSR count). The zero-order valence-electron chi connectivity index (χ0n) is 12.6. The fourth-order valence-corrected chi connectivity index (χ4v) is 5.47. The van der Waals surface area contributed by atoms with Gasteiger partial charge in [0.05, 0.1) is 0 Å². The van der Waals surface area contributed by atoms with Crippen molar-refractivity contribution in [3.8, 4) is 0 Å². The van der Waals surface area contributed by atoms with Gasteiger partial charge in [0.2, 0.25) is 0 Å². The minimum absolute atomic E-state index is 0.618. The second-order valence-corrected chi connectivity index (χ2v) is 7.13. The molecule has 0 bridgehead atoms. The molecule has 1 heteroatoms. The van der Waals surface area contributed by atoms with Crippen LogP contribution in [-0.4, -0.2) is 24.0 Å². The van der Waals surface area contributed by atoms with E-state index >= 15 is 0 Å². The zero-order chi connectivity index (χ0) is 12.9. The first-order valence-electron chi connectivity index (χ1n) is 8.04. The van der Waals surface area contributed by atoms with Crippen molar-refractivity contribution in [2.75, 3.05) is 13.1 Å². The van der Waals surface area contributed by atoms with Gasteiger partial charge in [0.1, 0.15) is 0 Å². The Hall–Kier alpha value is -0.300. The Balaban J connectivity index is 1.92. The number of hydrogen-bond donors (Lipinski definition) is 0. The molecule has 3 aliphatic rings. The van der Waals surface area contributed by atoms with E-state index in [0.29, 0.717) is 5.41 Å². The number of likely N-dealkylation sites (tertiary alicyclic amines) is 1. The smallest absolute Gasteiger partial charge is 0.0132 e. The van der Waals surface area contributed by atoms with Crippen LogP contribution in [0.25, 0.3) is 0 Å². The summed E-state index contributed by atoms with van der Waals surface area (Å²) >= 11 is 0. The Kier molecular flexibility index (Phi) is 3.09. The highest BCUT2D eigenvalue weighted by molar-refractivity contribution is 5.32. The van der Waals surface area contributed by atoms with Crippen LogP contribution in [-0.2, 0) is 0 Å². The molecule has 1 saturated heterocycles. The van der Waals surface area contributed by atoms with E-state index in [1.165, 1.54) is 45.2 Å². The number of nitrogens with zero attached hydrogens (tertiary/aromatic N) is 1. The highest BCUT2D eigenvalue weighted by Crippen LogP contribution is 2.61. The summed E-state index contributed by atoms with van der Waals surface area (Å²) < 4.78 is 0. The lowest BCUT2D eigenvalue weighted by atomic mass is 9.54. The molecular formula is C17H29N. The molecule has 102 valence electrons. The Morgan fingerprint density at radius 1 is 1.28 bits per heavy atom. The highest BCUT2D eigenvalue weighted by atomic mass is 15.2. The number of allylic oxidation sites excluding steroid dienone is 2. The third kappa shape index (κ3) is 1.56. The number of hydrogen-bond acceptors (Lipinski definition) is 1. The van der Waals surface area contributed by atoms with Crippen molar-refractivity contribution in [3.05, 3.63) is 11.1 Å². The number of piperidine rings is 1. The van der Waals surface area contributed by atoms with Gasteiger partial charge in [-0.15, -0.1) is 0 Å². The molecule has 0 aromatic heterocycles. The molecule has 3 atom stereocenters. The molecule has 0 radical (unpaired) electrons. The molecule has 2 fully saturated rings. The van der Waals surface area contributed by atoms with Crippen LogP contribution in [0.2, 0.25) is 0 Å². The second-order valence-electron chi connectivity index (χ2n) is 7.13. The molecule has 1 nitrogen and oxygen atoms in total. The van der Waals surface area contributed by atoms with Crippen LogP contribution in [0.5, 0.6) is 0 Å². The molecule has 18 heavy (non-hydrogen) atoms. The molecule has 0 amide bonds. The van der Waals surface area contributed by atoms with E-state index in [1.54, 1.807) is 5.57 Å². The largest absolute Gasteiger partial charge is 0.300 e. The molecule has 0 N–H and O–H groups in total. The normalized spacial score (nSPS) is 40.5. The topological polar surface area (TPSA) is 3.24 Å². The lowest BCUT2D eigenvalue weighted by Gasteiger charge is -2.59. The Morgan fingerprint density at radius 3 is 2.61 bits per heavy atom. The average molecular weight is 247 g/mol. The van der Waals surface area contributed by atoms with Gasteiger partial charge in [-0.25, -0.2) is 0 Å². The van der Waals surface area contributed by atoms with Crippen LogP contribution >= 0.6 is 0 Å². The van der Waals surface area contributed by atoms with E-state index in [9.17, 15) is 0 Å². The number of rotatable bonds is 2. The zero-order valence-corrected chi connectivity index (χ0v) is 12.6. The van der Waals surface area contributed by atoms with Gasteiger partial charge < -0.3 is 4.90 Å². The van der Waals surface area contributed by atoms with Crippen molar-refractivity contribution in [1.82, 2.24) is 4.90 Å². The van der Waals surface area contributed by atoms with Crippen molar-refractivity contribution in [2.45, 2.75) is 65.8 Å². The third-order valence-electron chi connectivity index (χ3n) is 6.19. The summed E-state index contributed by atoms with van der Waals surface area (Å²) in [6.45, 7) is 12.2. The van der Waals surface area contributed by atoms with E-state index in [4.69, 9.17) is 0 Å². The van der Waals surface area contributed by atoms with Crippen LogP contribution in [0.1, 0.15) is 59.8 Å². The molecule has 1 aliphatic heterocycles. The van der Waals surface area contributed by atoms with Gasteiger partial charge in [0, 0.05) is 6.04 Å². The van der Waals surface area contributed by atoms with Gasteiger partial charge in [0.15, 0.2) is 0 Å². The predicted octanol–water partition coefficient (Wildman–Crippen LogP) is 4.24. The SMILES string of the molecule is CCN1CC[C@@]2(CCC(C)=C2C(C)C)[C@H]2CC[C@H]21. The lowest BCUT2D eigenvalue weighted by Crippen LogP contribution is -2.59. The first-order chi connectivity index (χ1) is 8.60.